The lowest BCUT2D eigenvalue weighted by Gasteiger charge is -2.40. The Labute approximate surface area is 114 Å². The Kier molecular flexibility index (Phi) is 3.35. The number of piperidine rings is 1. The van der Waals surface area contributed by atoms with Crippen molar-refractivity contribution in [2.75, 3.05) is 26.2 Å². The molecule has 3 heterocycles. The number of carbonyl (C=O) groups excluding carboxylic acids is 1. The van der Waals surface area contributed by atoms with Crippen molar-refractivity contribution in [2.45, 2.75) is 32.7 Å². The second-order valence-corrected chi connectivity index (χ2v) is 6.14. The van der Waals surface area contributed by atoms with E-state index in [1.54, 1.807) is 13.2 Å². The summed E-state index contributed by atoms with van der Waals surface area (Å²) in [5.41, 5.74) is 1.59. The highest BCUT2D eigenvalue weighted by Crippen LogP contribution is 2.39. The number of rotatable bonds is 2. The molecule has 2 fully saturated rings. The summed E-state index contributed by atoms with van der Waals surface area (Å²) in [7, 11) is 0. The predicted molar refractivity (Wildman–Crippen MR) is 72.5 cm³/mol. The molecule has 1 aromatic rings. The molecule has 0 aromatic carbocycles. The Morgan fingerprint density at radius 2 is 2.26 bits per heavy atom. The molecule has 0 bridgehead atoms. The highest BCUT2D eigenvalue weighted by atomic mass is 16.3. The van der Waals surface area contributed by atoms with Crippen LogP contribution in [0.3, 0.4) is 0 Å². The van der Waals surface area contributed by atoms with Crippen LogP contribution in [-0.2, 0) is 11.3 Å². The zero-order valence-corrected chi connectivity index (χ0v) is 11.6. The first-order valence-corrected chi connectivity index (χ1v) is 7.16. The molecule has 2 saturated heterocycles. The fourth-order valence-corrected chi connectivity index (χ4v) is 3.61. The summed E-state index contributed by atoms with van der Waals surface area (Å²) in [5, 5.41) is 0. The Balaban J connectivity index is 1.62. The van der Waals surface area contributed by atoms with Gasteiger partial charge >= 0.3 is 0 Å². The molecule has 2 aliphatic rings. The van der Waals surface area contributed by atoms with Crippen LogP contribution in [0.1, 0.15) is 31.7 Å². The summed E-state index contributed by atoms with van der Waals surface area (Å²) in [6, 6.07) is 2.04. The predicted octanol–water partition coefficient (Wildman–Crippen LogP) is 2.11. The summed E-state index contributed by atoms with van der Waals surface area (Å²) < 4.78 is 5.13. The summed E-state index contributed by atoms with van der Waals surface area (Å²) in [6.07, 6.45) is 7.19. The molecule has 1 unspecified atom stereocenters. The molecule has 1 atom stereocenters. The van der Waals surface area contributed by atoms with Gasteiger partial charge in [0.1, 0.15) is 0 Å². The molecule has 2 aliphatic heterocycles. The van der Waals surface area contributed by atoms with Crippen LogP contribution in [-0.4, -0.2) is 41.9 Å². The summed E-state index contributed by atoms with van der Waals surface area (Å²) in [4.78, 5) is 16.1. The van der Waals surface area contributed by atoms with E-state index in [9.17, 15) is 4.79 Å². The van der Waals surface area contributed by atoms with Gasteiger partial charge in [0.25, 0.3) is 0 Å². The van der Waals surface area contributed by atoms with E-state index in [1.807, 2.05) is 17.2 Å². The maximum atomic E-state index is 11.6. The smallest absolute Gasteiger partial charge is 0.219 e. The zero-order valence-electron chi connectivity index (χ0n) is 11.6. The molecule has 4 nitrogen and oxygen atoms in total. The van der Waals surface area contributed by atoms with E-state index in [-0.39, 0.29) is 5.91 Å². The average molecular weight is 262 g/mol. The molecular weight excluding hydrogens is 240 g/mol. The van der Waals surface area contributed by atoms with Crippen molar-refractivity contribution in [3.8, 4) is 0 Å². The van der Waals surface area contributed by atoms with Gasteiger partial charge in [0.15, 0.2) is 0 Å². The molecule has 4 heteroatoms. The normalized spacial score (nSPS) is 28.2. The van der Waals surface area contributed by atoms with Crippen LogP contribution in [0.15, 0.2) is 23.0 Å². The molecule has 0 aliphatic carbocycles. The average Bonchev–Trinajstić information content (AvgIpc) is 3.01. The van der Waals surface area contributed by atoms with Gasteiger partial charge in [-0.15, -0.1) is 0 Å². The molecule has 19 heavy (non-hydrogen) atoms. The van der Waals surface area contributed by atoms with Crippen molar-refractivity contribution >= 4 is 5.91 Å². The van der Waals surface area contributed by atoms with E-state index in [2.05, 4.69) is 4.90 Å². The number of likely N-dealkylation sites (tertiary alicyclic amines) is 2. The largest absolute Gasteiger partial charge is 0.472 e. The zero-order chi connectivity index (χ0) is 13.3. The number of furan rings is 1. The van der Waals surface area contributed by atoms with Crippen LogP contribution >= 0.6 is 0 Å². The van der Waals surface area contributed by atoms with Crippen LogP contribution in [0.25, 0.3) is 0 Å². The van der Waals surface area contributed by atoms with Crippen molar-refractivity contribution < 1.29 is 9.21 Å². The number of hydrogen-bond acceptors (Lipinski definition) is 3. The van der Waals surface area contributed by atoms with Crippen molar-refractivity contribution in [3.05, 3.63) is 24.2 Å². The fourth-order valence-electron chi connectivity index (χ4n) is 3.61. The van der Waals surface area contributed by atoms with E-state index in [0.717, 1.165) is 39.1 Å². The number of hydrogen-bond donors (Lipinski definition) is 0. The van der Waals surface area contributed by atoms with Crippen LogP contribution in [0, 0.1) is 5.41 Å². The van der Waals surface area contributed by atoms with Gasteiger partial charge < -0.3 is 9.32 Å². The van der Waals surface area contributed by atoms with Gasteiger partial charge in [0, 0.05) is 44.1 Å². The first kappa shape index (κ1) is 12.7. The minimum Gasteiger partial charge on any atom is -0.472 e. The third-order valence-electron chi connectivity index (χ3n) is 4.61. The topological polar surface area (TPSA) is 36.7 Å². The fraction of sp³-hybridized carbons (Fsp3) is 0.667. The lowest BCUT2D eigenvalue weighted by Crippen LogP contribution is -2.46. The summed E-state index contributed by atoms with van der Waals surface area (Å²) in [6.45, 7) is 6.80. The van der Waals surface area contributed by atoms with Crippen LogP contribution in [0.4, 0.5) is 0 Å². The van der Waals surface area contributed by atoms with Crippen molar-refractivity contribution in [3.63, 3.8) is 0 Å². The third kappa shape index (κ3) is 2.68. The molecule has 1 spiro atoms. The number of nitrogens with zero attached hydrogens (tertiary/aromatic N) is 2. The van der Waals surface area contributed by atoms with Crippen molar-refractivity contribution in [1.82, 2.24) is 9.80 Å². The second kappa shape index (κ2) is 5.00. The van der Waals surface area contributed by atoms with Gasteiger partial charge in [-0.1, -0.05) is 0 Å². The summed E-state index contributed by atoms with van der Waals surface area (Å²) in [5.74, 6) is 0.229. The van der Waals surface area contributed by atoms with Gasteiger partial charge in [0.05, 0.1) is 12.5 Å². The summed E-state index contributed by atoms with van der Waals surface area (Å²) >= 11 is 0. The molecule has 0 radical (unpaired) electrons. The molecule has 3 rings (SSSR count). The Bertz CT molecular complexity index is 443. The second-order valence-electron chi connectivity index (χ2n) is 6.14. The highest BCUT2D eigenvalue weighted by molar-refractivity contribution is 5.73. The minimum absolute atomic E-state index is 0.229. The third-order valence-corrected chi connectivity index (χ3v) is 4.61. The van der Waals surface area contributed by atoms with Crippen LogP contribution in [0.5, 0.6) is 0 Å². The Morgan fingerprint density at radius 3 is 3.00 bits per heavy atom. The van der Waals surface area contributed by atoms with Gasteiger partial charge in [-0.3, -0.25) is 9.69 Å². The first-order valence-electron chi connectivity index (χ1n) is 7.16. The Morgan fingerprint density at radius 1 is 1.37 bits per heavy atom. The van der Waals surface area contributed by atoms with Gasteiger partial charge in [-0.25, -0.2) is 0 Å². The maximum Gasteiger partial charge on any atom is 0.219 e. The lowest BCUT2D eigenvalue weighted by molar-refractivity contribution is -0.132. The monoisotopic (exact) mass is 262 g/mol. The van der Waals surface area contributed by atoms with Crippen LogP contribution in [0.2, 0.25) is 0 Å². The van der Waals surface area contributed by atoms with E-state index >= 15 is 0 Å². The number of carbonyl (C=O) groups is 1. The lowest BCUT2D eigenvalue weighted by atomic mass is 9.79. The van der Waals surface area contributed by atoms with Gasteiger partial charge in [-0.2, -0.15) is 0 Å². The highest BCUT2D eigenvalue weighted by Gasteiger charge is 2.41. The van der Waals surface area contributed by atoms with Gasteiger partial charge in [-0.05, 0) is 31.9 Å². The van der Waals surface area contributed by atoms with E-state index in [4.69, 9.17) is 4.42 Å². The van der Waals surface area contributed by atoms with E-state index in [0.29, 0.717) is 5.41 Å². The molecule has 0 saturated carbocycles. The van der Waals surface area contributed by atoms with Gasteiger partial charge in [0.2, 0.25) is 5.91 Å². The molecule has 0 N–H and O–H groups in total. The standard InChI is InChI=1S/C15H22N2O2/c1-13(18)17-6-2-4-15(12-17)5-7-16(11-15)9-14-3-8-19-10-14/h3,8,10H,2,4-7,9,11-12H2,1H3. The Hall–Kier alpha value is -1.29. The van der Waals surface area contributed by atoms with Crippen molar-refractivity contribution in [2.24, 2.45) is 5.41 Å². The van der Waals surface area contributed by atoms with E-state index in [1.165, 1.54) is 18.4 Å². The van der Waals surface area contributed by atoms with Crippen LogP contribution < -0.4 is 0 Å². The van der Waals surface area contributed by atoms with Crippen molar-refractivity contribution in [1.29, 1.82) is 0 Å². The molecule has 104 valence electrons. The molecule has 1 amide bonds. The molecular formula is C15H22N2O2. The maximum absolute atomic E-state index is 11.6. The first-order chi connectivity index (χ1) is 9.17. The minimum atomic E-state index is 0.229. The number of amides is 1. The SMILES string of the molecule is CC(=O)N1CCCC2(CCN(Cc3ccoc3)C2)C1. The quantitative estimate of drug-likeness (QED) is 0.819. The van der Waals surface area contributed by atoms with E-state index < -0.39 is 0 Å². The molecule has 1 aromatic heterocycles.